The minimum atomic E-state index is -0.970. The van der Waals surface area contributed by atoms with Crippen LogP contribution in [0.2, 0.25) is 15.1 Å². The van der Waals surface area contributed by atoms with Crippen LogP contribution in [-0.4, -0.2) is 180 Å². The van der Waals surface area contributed by atoms with E-state index in [1.807, 2.05) is 67.4 Å². The Balaban J connectivity index is 0.000000216. The molecule has 6 heterocycles. The van der Waals surface area contributed by atoms with Crippen LogP contribution in [0.4, 0.5) is 11.4 Å². The van der Waals surface area contributed by atoms with Crippen LogP contribution in [-0.2, 0) is 102 Å². The van der Waals surface area contributed by atoms with Crippen LogP contribution in [0.15, 0.2) is 257 Å². The van der Waals surface area contributed by atoms with Gasteiger partial charge in [-0.05, 0) is 153 Å². The molecule has 0 amide bonds. The Morgan fingerprint density at radius 1 is 0.450 bits per heavy atom. The first-order valence-corrected chi connectivity index (χ1v) is 45.2. The smallest absolute Gasteiger partial charge is 0.337 e. The van der Waals surface area contributed by atoms with E-state index < -0.39 is 93.2 Å². The lowest BCUT2D eigenvalue weighted by molar-refractivity contribution is -0.385. The number of benzene rings is 6. The SMILES string of the molecule is CCCC(=O)C1=C(COCCN)NC(C)=C(C(=O)OC)C1c1ccccc1Cl.CCOC(=O)C1=C(C)NC(C)=C(C(=O)OC)C1c1cccc(Cl)c1Cl.COC(=O)C1=C(C)NC(C)=C(C(=O)OC(C)C)C1c1cccc2nonc12.COC(=O)C1=C(C)NC(C)=C(C(=O)OC)C1c1ccccc1[N+](=O)[O-].COC(=O)C1=C(C)NC(C)=C(C(=O)OCCN(C)Cc2ccccc2)C1c1cccc([N+](=O)[O-])c1. The van der Waals surface area contributed by atoms with Gasteiger partial charge in [0.25, 0.3) is 11.4 Å². The molecule has 0 spiro atoms. The number of esters is 9. The molecule has 5 aliphatic heterocycles. The fourth-order valence-corrected chi connectivity index (χ4v) is 17.3. The number of nitrogens with zero attached hydrogens (tertiary/aromatic N) is 5. The highest BCUT2D eigenvalue weighted by Crippen LogP contribution is 2.49. The number of carbonyl (C=O) groups is 10. The number of likely N-dealkylation sites (N-methyl/N-ethyl adjacent to an activating group) is 1. The summed E-state index contributed by atoms with van der Waals surface area (Å²) in [5, 5.41) is 47.0. The predicted molar refractivity (Wildman–Crippen MR) is 520 cm³/mol. The molecule has 5 aliphatic rings. The Labute approximate surface area is 824 Å². The molecule has 0 fully saturated rings. The van der Waals surface area contributed by atoms with Crippen molar-refractivity contribution < 1.29 is 110 Å². The van der Waals surface area contributed by atoms with Gasteiger partial charge < -0.3 is 79.7 Å². The number of fused-ring (bicyclic) bond motifs is 1. The van der Waals surface area contributed by atoms with Gasteiger partial charge in [-0.3, -0.25) is 29.9 Å². The molecule has 39 heteroatoms. The highest BCUT2D eigenvalue weighted by Gasteiger charge is 2.46. The Kier molecular flexibility index (Phi) is 41.0. The summed E-state index contributed by atoms with van der Waals surface area (Å²) in [7, 11) is 9.51. The van der Waals surface area contributed by atoms with Crippen molar-refractivity contribution >= 4 is 117 Å². The lowest BCUT2D eigenvalue weighted by Crippen LogP contribution is -2.34. The van der Waals surface area contributed by atoms with E-state index in [-0.39, 0.29) is 76.0 Å². The second-order valence-electron chi connectivity index (χ2n) is 32.3. The summed E-state index contributed by atoms with van der Waals surface area (Å²) < 4.78 is 56.2. The number of nitro benzene ring substituents is 2. The number of non-ortho nitro benzene ring substituents is 1. The summed E-state index contributed by atoms with van der Waals surface area (Å²) in [4.78, 5) is 151. The molecule has 744 valence electrons. The molecule has 7 N–H and O–H groups in total. The fraction of sp³-hybridized carbons (Fsp3) is 0.347. The standard InChI is InChI=1S/C26H29N3O6.C21H27ClN2O4.C19H21N3O5.C18H19Cl2NO4.C17H18N2O6/c1-17-22(25(30)34-4)24(20-11-8-12-21(15-20)29(32)33)23(18(2)27-17)26(31)35-14-13-28(3)16-19-9-6-5-7-10-19;1-4-7-17(25)20-16(12-28-11-10-23)24-13(2)18(21(26)27-3)19(20)14-8-5-6-9-15(14)22;1-9(2)26-19(24)15-11(4)20-10(3)14(18(23)25-5)16(15)12-7-6-8-13-17(12)22-27-21-13;1-5-25-18(23)14-10(3)21-9(2)13(17(22)24-4)15(14)11-7-6-8-12(19)16(11)20;1-9-13(16(20)24-3)15(14(10(2)18-9)17(21)25-4)11-7-5-6-8-12(11)19(22)23/h5-12,15,24,27H,13-14,16H2,1-4H3;5-6,8-9,19,24H,4,7,10-12,23H2,1-3H3;6-9,16,20H,1-5H3;6-8,15,21H,5H2,1-4H3;5-8,15,18H,1-4H3. The van der Waals surface area contributed by atoms with Gasteiger partial charge in [0.1, 0.15) is 17.6 Å². The number of nitrogens with one attached hydrogen (secondary N) is 5. The van der Waals surface area contributed by atoms with Gasteiger partial charge >= 0.3 is 53.7 Å². The molecule has 6 aromatic carbocycles. The molecule has 7 aromatic rings. The largest absolute Gasteiger partial charge is 0.466 e. The van der Waals surface area contributed by atoms with Gasteiger partial charge in [0.05, 0.1) is 162 Å². The third-order valence-corrected chi connectivity index (χ3v) is 23.9. The zero-order valence-corrected chi connectivity index (χ0v) is 83.5. The first-order valence-electron chi connectivity index (χ1n) is 44.1. The summed E-state index contributed by atoms with van der Waals surface area (Å²) >= 11 is 19.0. The average molecular weight is 1990 g/mol. The molecule has 1 aromatic heterocycles. The normalized spacial score (nSPS) is 16.4. The second kappa shape index (κ2) is 51.8. The number of ketones is 1. The average Bonchev–Trinajstić information content (AvgIpc) is 1.12. The van der Waals surface area contributed by atoms with Crippen LogP contribution < -0.4 is 32.3 Å². The molecule has 36 nitrogen and oxygen atoms in total. The van der Waals surface area contributed by atoms with Crippen LogP contribution in [0.3, 0.4) is 0 Å². The van der Waals surface area contributed by atoms with Crippen LogP contribution in [0, 0.1) is 20.2 Å². The monoisotopic (exact) mass is 1990 g/mol. The Hall–Kier alpha value is -14.4. The molecule has 0 saturated heterocycles. The number of hydrogen-bond donors (Lipinski definition) is 6. The summed E-state index contributed by atoms with van der Waals surface area (Å²) in [6, 6.07) is 39.4. The molecule has 12 rings (SSSR count). The number of para-hydroxylation sites is 1. The van der Waals surface area contributed by atoms with E-state index in [2.05, 4.69) is 36.9 Å². The minimum absolute atomic E-state index is 0.0554. The number of hydrogen-bond acceptors (Lipinski definition) is 34. The maximum absolute atomic E-state index is 13.3. The van der Waals surface area contributed by atoms with Crippen molar-refractivity contribution in [2.24, 2.45) is 5.73 Å². The minimum Gasteiger partial charge on any atom is -0.466 e. The lowest BCUT2D eigenvalue weighted by atomic mass is 9.78. The van der Waals surface area contributed by atoms with E-state index in [4.69, 9.17) is 92.5 Å². The molecular weight excluding hydrogens is 1870 g/mol. The highest BCUT2D eigenvalue weighted by atomic mass is 35.5. The molecule has 0 radical (unpaired) electrons. The first-order chi connectivity index (χ1) is 66.7. The van der Waals surface area contributed by atoms with Gasteiger partial charge in [0.15, 0.2) is 5.78 Å². The lowest BCUT2D eigenvalue weighted by Gasteiger charge is -2.32. The molecule has 4 unspecified atom stereocenters. The third-order valence-electron chi connectivity index (χ3n) is 22.7. The Bertz CT molecular complexity index is 6220. The number of rotatable bonds is 30. The van der Waals surface area contributed by atoms with Crippen LogP contribution in [0.1, 0.15) is 166 Å². The fourth-order valence-electron chi connectivity index (χ4n) is 16.7. The number of dihydropyridines is 5. The van der Waals surface area contributed by atoms with Crippen molar-refractivity contribution in [1.29, 1.82) is 0 Å². The van der Waals surface area contributed by atoms with Crippen LogP contribution >= 0.6 is 34.8 Å². The molecule has 140 heavy (non-hydrogen) atoms. The highest BCUT2D eigenvalue weighted by molar-refractivity contribution is 6.42. The zero-order valence-electron chi connectivity index (χ0n) is 81.3. The maximum Gasteiger partial charge on any atom is 0.337 e. The summed E-state index contributed by atoms with van der Waals surface area (Å²) in [6.45, 7) is 25.1. The maximum atomic E-state index is 13.3. The molecule has 4 atom stereocenters. The number of methoxy groups -OCH3 is 6. The van der Waals surface area contributed by atoms with Crippen molar-refractivity contribution in [3.8, 4) is 0 Å². The summed E-state index contributed by atoms with van der Waals surface area (Å²) in [5.41, 5.74) is 18.1. The number of nitro groups is 2. The van der Waals surface area contributed by atoms with E-state index in [0.717, 1.165) is 5.56 Å². The van der Waals surface area contributed by atoms with Gasteiger partial charge in [0, 0.05) is 123 Å². The number of Topliss-reactive ketones (excluding diaryl/α,β-unsaturated/α-hetero) is 1. The number of halogens is 3. The summed E-state index contributed by atoms with van der Waals surface area (Å²) in [6.07, 6.45) is 0.730. The van der Waals surface area contributed by atoms with Gasteiger partial charge in [-0.1, -0.05) is 145 Å². The van der Waals surface area contributed by atoms with Gasteiger partial charge in [-0.15, -0.1) is 0 Å². The third kappa shape index (κ3) is 26.5. The van der Waals surface area contributed by atoms with Crippen molar-refractivity contribution in [1.82, 2.24) is 41.8 Å². The van der Waals surface area contributed by atoms with Crippen LogP contribution in [0.25, 0.3) is 11.0 Å². The molecule has 0 saturated carbocycles. The molecule has 0 bridgehead atoms. The Morgan fingerprint density at radius 3 is 1.34 bits per heavy atom. The van der Waals surface area contributed by atoms with E-state index in [1.54, 1.807) is 138 Å². The van der Waals surface area contributed by atoms with E-state index in [1.165, 1.54) is 79.1 Å². The predicted octanol–water partition coefficient (Wildman–Crippen LogP) is 15.5. The van der Waals surface area contributed by atoms with Gasteiger partial charge in [-0.25, -0.2) is 47.8 Å². The molecular formula is C101H114Cl3N11O25. The number of aromatic nitrogens is 2. The number of ether oxygens (including phenoxy) is 10. The number of nitrogens with two attached hydrogens (primary N) is 1. The van der Waals surface area contributed by atoms with E-state index in [9.17, 15) is 68.2 Å². The quantitative estimate of drug-likeness (QED) is 0.00800. The number of carbonyl (C=O) groups excluding carboxylic acids is 10. The van der Waals surface area contributed by atoms with Crippen molar-refractivity contribution in [3.05, 3.63) is 321 Å². The topological polar surface area (TPSA) is 478 Å². The van der Waals surface area contributed by atoms with Crippen molar-refractivity contribution in [2.45, 2.75) is 145 Å². The van der Waals surface area contributed by atoms with Crippen LogP contribution in [0.5, 0.6) is 0 Å². The molecule has 0 aliphatic carbocycles. The zero-order chi connectivity index (χ0) is 103. The van der Waals surface area contributed by atoms with Gasteiger partial charge in [-0.2, -0.15) is 0 Å². The first kappa shape index (κ1) is 111. The Morgan fingerprint density at radius 2 is 0.857 bits per heavy atom. The number of allylic oxidation sites excluding steroid dienone is 10. The summed E-state index contributed by atoms with van der Waals surface area (Å²) in [5.74, 6) is -9.22. The van der Waals surface area contributed by atoms with Crippen molar-refractivity contribution in [3.63, 3.8) is 0 Å². The van der Waals surface area contributed by atoms with Crippen molar-refractivity contribution in [2.75, 3.05) is 89.2 Å². The van der Waals surface area contributed by atoms with Gasteiger partial charge in [0.2, 0.25) is 0 Å². The van der Waals surface area contributed by atoms with E-state index >= 15 is 0 Å². The van der Waals surface area contributed by atoms with E-state index in [0.29, 0.717) is 173 Å². The second-order valence-corrected chi connectivity index (χ2v) is 33.5.